The van der Waals surface area contributed by atoms with Gasteiger partial charge in [0.2, 0.25) is 0 Å². The molecule has 0 bridgehead atoms. The number of rotatable bonds is 7. The van der Waals surface area contributed by atoms with Crippen molar-refractivity contribution in [1.82, 2.24) is 9.88 Å². The number of aryl methyl sites for hydroxylation is 2. The topological polar surface area (TPSA) is 135 Å². The minimum absolute atomic E-state index is 0.0375. The summed E-state index contributed by atoms with van der Waals surface area (Å²) in [6.45, 7) is 5.19. The number of ether oxygens (including phenoxy) is 1. The largest absolute Gasteiger partial charge is 0.493 e. The fraction of sp³-hybridized carbons (Fsp3) is 0.231. The molecule has 2 aliphatic rings. The van der Waals surface area contributed by atoms with Crippen molar-refractivity contribution in [3.8, 4) is 27.3 Å². The van der Waals surface area contributed by atoms with E-state index in [4.69, 9.17) is 10.5 Å². The van der Waals surface area contributed by atoms with Gasteiger partial charge in [-0.1, -0.05) is 42.5 Å². The molecule has 0 radical (unpaired) electrons. The number of aromatic carboxylic acids is 1. The zero-order valence-corrected chi connectivity index (χ0v) is 28.1. The fourth-order valence-corrected chi connectivity index (χ4v) is 7.99. The molecule has 3 aromatic carbocycles. The predicted molar refractivity (Wildman–Crippen MR) is 190 cm³/mol. The van der Waals surface area contributed by atoms with Crippen LogP contribution in [0.2, 0.25) is 0 Å². The van der Waals surface area contributed by atoms with E-state index in [-0.39, 0.29) is 34.5 Å². The van der Waals surface area contributed by atoms with E-state index in [0.717, 1.165) is 51.1 Å². The van der Waals surface area contributed by atoms with Gasteiger partial charge in [0.05, 0.1) is 12.6 Å². The van der Waals surface area contributed by atoms with Crippen LogP contribution in [0.3, 0.4) is 0 Å². The van der Waals surface area contributed by atoms with Crippen LogP contribution in [0.25, 0.3) is 21.6 Å². The molecule has 1 saturated heterocycles. The van der Waals surface area contributed by atoms with Crippen LogP contribution in [0.5, 0.6) is 5.75 Å². The van der Waals surface area contributed by atoms with E-state index in [0.29, 0.717) is 43.1 Å². The normalized spacial score (nSPS) is 15.2. The maximum atomic E-state index is 14.3. The Labute approximate surface area is 288 Å². The molecule has 1 atom stereocenters. The number of nitrogens with one attached hydrogen (secondary N) is 1. The van der Waals surface area contributed by atoms with E-state index in [1.165, 1.54) is 0 Å². The zero-order valence-electron chi connectivity index (χ0n) is 27.3. The predicted octanol–water partition coefficient (Wildman–Crippen LogP) is 7.42. The van der Waals surface area contributed by atoms with E-state index in [1.54, 1.807) is 40.5 Å². The SMILES string of the molecule is Cc1cc(CN)cc(C)c1NC(=O)c1cc2c(cc1-c1ccc(C(=O)N3CCC[C@@H]3c3ccccc3)nc1C(=O)O)OCCc1ccsc1-2. The van der Waals surface area contributed by atoms with Crippen LogP contribution in [-0.2, 0) is 13.0 Å². The summed E-state index contributed by atoms with van der Waals surface area (Å²) in [5, 5.41) is 15.6. The van der Waals surface area contributed by atoms with Gasteiger partial charge in [-0.2, -0.15) is 0 Å². The van der Waals surface area contributed by atoms with Crippen molar-refractivity contribution in [3.63, 3.8) is 0 Å². The van der Waals surface area contributed by atoms with E-state index in [2.05, 4.69) is 16.4 Å². The van der Waals surface area contributed by atoms with Crippen LogP contribution in [-0.4, -0.2) is 45.9 Å². The molecule has 1 fully saturated rings. The van der Waals surface area contributed by atoms with E-state index in [1.807, 2.05) is 61.7 Å². The molecule has 0 spiro atoms. The number of carbonyl (C=O) groups is 3. The van der Waals surface area contributed by atoms with Gasteiger partial charge in [0, 0.05) is 52.3 Å². The summed E-state index contributed by atoms with van der Waals surface area (Å²) < 4.78 is 6.19. The van der Waals surface area contributed by atoms with Crippen LogP contribution in [0.1, 0.15) is 78.0 Å². The van der Waals surface area contributed by atoms with Crippen LogP contribution in [0.4, 0.5) is 5.69 Å². The molecule has 2 amide bonds. The molecule has 2 aliphatic heterocycles. The third kappa shape index (κ3) is 6.09. The second kappa shape index (κ2) is 13.3. The maximum Gasteiger partial charge on any atom is 0.355 e. The number of hydrogen-bond acceptors (Lipinski definition) is 7. The molecule has 4 N–H and O–H groups in total. The van der Waals surface area contributed by atoms with Gasteiger partial charge in [-0.15, -0.1) is 11.3 Å². The second-order valence-electron chi connectivity index (χ2n) is 12.5. The number of pyridine rings is 1. The molecular weight excluding hydrogens is 637 g/mol. The summed E-state index contributed by atoms with van der Waals surface area (Å²) in [7, 11) is 0. The number of carboxylic acids is 1. The first-order valence-electron chi connectivity index (χ1n) is 16.3. The van der Waals surface area contributed by atoms with Gasteiger partial charge in [0.25, 0.3) is 11.8 Å². The number of nitrogens with two attached hydrogens (primary N) is 1. The first-order chi connectivity index (χ1) is 23.7. The molecule has 5 aromatic rings. The number of benzene rings is 3. The quantitative estimate of drug-likeness (QED) is 0.164. The van der Waals surface area contributed by atoms with Crippen molar-refractivity contribution >= 4 is 34.8 Å². The lowest BCUT2D eigenvalue weighted by molar-refractivity contribution is 0.0690. The third-order valence-corrected chi connectivity index (χ3v) is 10.3. The highest BCUT2D eigenvalue weighted by Gasteiger charge is 2.33. The third-order valence-electron chi connectivity index (χ3n) is 9.36. The van der Waals surface area contributed by atoms with Gasteiger partial charge < -0.3 is 25.8 Å². The second-order valence-corrected chi connectivity index (χ2v) is 13.4. The molecule has 248 valence electrons. The average Bonchev–Trinajstić information content (AvgIpc) is 3.76. The molecular formula is C39H36N4O5S. The number of carbonyl (C=O) groups excluding carboxylic acids is 2. The lowest BCUT2D eigenvalue weighted by Gasteiger charge is -2.25. The minimum atomic E-state index is -1.31. The molecule has 0 aliphatic carbocycles. The summed E-state index contributed by atoms with van der Waals surface area (Å²) in [4.78, 5) is 48.2. The molecule has 4 heterocycles. The number of carboxylic acid groups (broad SMARTS) is 1. The minimum Gasteiger partial charge on any atom is -0.493 e. The Kier molecular flexibility index (Phi) is 8.75. The van der Waals surface area contributed by atoms with Crippen LogP contribution >= 0.6 is 11.3 Å². The van der Waals surface area contributed by atoms with Crippen molar-refractivity contribution in [2.45, 2.75) is 45.7 Å². The highest BCUT2D eigenvalue weighted by atomic mass is 32.1. The monoisotopic (exact) mass is 672 g/mol. The lowest BCUT2D eigenvalue weighted by Crippen LogP contribution is -2.31. The number of hydrogen-bond donors (Lipinski definition) is 3. The van der Waals surface area contributed by atoms with Gasteiger partial charge in [-0.3, -0.25) is 9.59 Å². The van der Waals surface area contributed by atoms with Crippen LogP contribution in [0.15, 0.2) is 78.2 Å². The van der Waals surface area contributed by atoms with E-state index >= 15 is 0 Å². The molecule has 9 nitrogen and oxygen atoms in total. The molecule has 10 heteroatoms. The Hall–Kier alpha value is -5.32. The standard InChI is InChI=1S/C39H36N4O5S/c1-22-17-24(21-40)18-23(2)34(22)42-37(44)29-19-30-33(48-15-12-26-13-16-49-36(26)30)20-28(29)27-10-11-31(41-35(27)39(46)47)38(45)43-14-6-9-32(43)25-7-4-3-5-8-25/h3-5,7-8,10-11,13,16-20,32H,6,9,12,14-15,21,40H2,1-2H3,(H,42,44)(H,46,47)/t32-/m1/s1. The molecule has 49 heavy (non-hydrogen) atoms. The first-order valence-corrected chi connectivity index (χ1v) is 17.2. The Bertz CT molecular complexity index is 2090. The first kappa shape index (κ1) is 32.2. The number of aromatic nitrogens is 1. The smallest absolute Gasteiger partial charge is 0.355 e. The van der Waals surface area contributed by atoms with E-state index < -0.39 is 11.9 Å². The maximum absolute atomic E-state index is 14.3. The molecule has 0 unspecified atom stereocenters. The highest BCUT2D eigenvalue weighted by molar-refractivity contribution is 7.13. The Morgan fingerprint density at radius 3 is 2.51 bits per heavy atom. The number of anilines is 1. The van der Waals surface area contributed by atoms with Crippen LogP contribution in [0, 0.1) is 13.8 Å². The molecule has 7 rings (SSSR count). The van der Waals surface area contributed by atoms with Crippen molar-refractivity contribution in [2.75, 3.05) is 18.5 Å². The Morgan fingerprint density at radius 2 is 1.78 bits per heavy atom. The van der Waals surface area contributed by atoms with Crippen molar-refractivity contribution < 1.29 is 24.2 Å². The Balaban J connectivity index is 1.33. The summed E-state index contributed by atoms with van der Waals surface area (Å²) in [6.07, 6.45) is 2.35. The highest BCUT2D eigenvalue weighted by Crippen LogP contribution is 2.43. The summed E-state index contributed by atoms with van der Waals surface area (Å²) in [5.41, 5.74) is 12.7. The number of likely N-dealkylation sites (tertiary alicyclic amines) is 1. The summed E-state index contributed by atoms with van der Waals surface area (Å²) in [6, 6.07) is 22.3. The summed E-state index contributed by atoms with van der Waals surface area (Å²) in [5.74, 6) is -1.50. The number of nitrogens with zero attached hydrogens (tertiary/aromatic N) is 2. The fourth-order valence-electron chi connectivity index (χ4n) is 7.01. The lowest BCUT2D eigenvalue weighted by atomic mass is 9.93. The average molecular weight is 673 g/mol. The van der Waals surface area contributed by atoms with Crippen LogP contribution < -0.4 is 15.8 Å². The van der Waals surface area contributed by atoms with Crippen molar-refractivity contribution in [3.05, 3.63) is 123 Å². The van der Waals surface area contributed by atoms with Gasteiger partial charge in [-0.05, 0) is 90.2 Å². The van der Waals surface area contributed by atoms with E-state index in [9.17, 15) is 19.5 Å². The van der Waals surface area contributed by atoms with Gasteiger partial charge in [-0.25, -0.2) is 9.78 Å². The summed E-state index contributed by atoms with van der Waals surface area (Å²) >= 11 is 1.57. The van der Waals surface area contributed by atoms with Gasteiger partial charge in [0.15, 0.2) is 5.69 Å². The number of thiophene rings is 1. The van der Waals surface area contributed by atoms with Crippen molar-refractivity contribution in [2.24, 2.45) is 5.73 Å². The van der Waals surface area contributed by atoms with Crippen molar-refractivity contribution in [1.29, 1.82) is 0 Å². The Morgan fingerprint density at radius 1 is 1.00 bits per heavy atom. The molecule has 2 aromatic heterocycles. The van der Waals surface area contributed by atoms with Gasteiger partial charge >= 0.3 is 5.97 Å². The zero-order chi connectivity index (χ0) is 34.2. The van der Waals surface area contributed by atoms with Gasteiger partial charge in [0.1, 0.15) is 11.4 Å². The number of amides is 2. The molecule has 0 saturated carbocycles. The number of fused-ring (bicyclic) bond motifs is 3.